The summed E-state index contributed by atoms with van der Waals surface area (Å²) in [6.07, 6.45) is 0. The summed E-state index contributed by atoms with van der Waals surface area (Å²) in [5.41, 5.74) is 0. The minimum atomic E-state index is -2.92. The Morgan fingerprint density at radius 3 is 1.00 bits per heavy atom. The van der Waals surface area contributed by atoms with Crippen molar-refractivity contribution in [1.82, 2.24) is 0 Å². The average molecular weight is 356 g/mol. The van der Waals surface area contributed by atoms with Gasteiger partial charge in [0.15, 0.2) is 0 Å². The van der Waals surface area contributed by atoms with Crippen molar-refractivity contribution in [3.63, 3.8) is 0 Å². The second-order valence-corrected chi connectivity index (χ2v) is 0.289. The monoisotopic (exact) mass is 357 g/mol. The molecule has 0 aliphatic carbocycles. The molecule has 30 valence electrons. The maximum atomic E-state index is 8.42. The molecule has 0 N–H and O–H groups in total. The Bertz CT molecular complexity index is 15.5. The van der Waals surface area contributed by atoms with Crippen molar-refractivity contribution >= 4 is 7.32 Å². The van der Waals surface area contributed by atoms with E-state index in [0.29, 0.717) is 0 Å². The van der Waals surface area contributed by atoms with Crippen molar-refractivity contribution in [3.8, 4) is 0 Å². The van der Waals surface area contributed by atoms with Gasteiger partial charge in [-0.2, -0.15) is 0 Å². The first-order chi connectivity index (χ1) is 1.73. The molecule has 2 radical (unpaired) electrons. The van der Waals surface area contributed by atoms with E-state index in [-0.39, 0.29) is 81.7 Å². The first-order valence-electron chi connectivity index (χ1n) is 0.707. The predicted octanol–water partition coefficient (Wildman–Crippen LogP) is -3.95. The molecule has 0 aromatic rings. The maximum Gasteiger partial charge on any atom is 3.00 e. The molecule has 0 fully saturated rings. The Kier molecular flexibility index (Phi) is 28.0. The summed E-state index contributed by atoms with van der Waals surface area (Å²) in [5.74, 6) is 0. The van der Waals surface area contributed by atoms with Crippen LogP contribution in [0, 0.1) is 81.7 Å². The molecule has 0 amide bonds. The molecule has 0 heterocycles. The fourth-order valence-electron chi connectivity index (χ4n) is 0. The third kappa shape index (κ3) is 30.3. The fraction of sp³-hybridized carbons (Fsp3) is 0. The van der Waals surface area contributed by atoms with Gasteiger partial charge in [0, 0.05) is 0 Å². The van der Waals surface area contributed by atoms with Gasteiger partial charge in [-0.05, 0) is 0 Å². The standard InChI is InChI=1S/BO3.Ce.Gd/c2-1(3)4;;/q-3;2*+3. The number of hydrogen-bond donors (Lipinski definition) is 0. The second-order valence-electron chi connectivity index (χ2n) is 0.289. The van der Waals surface area contributed by atoms with E-state index >= 15 is 0 Å². The molecule has 0 aromatic carbocycles. The average Bonchev–Trinajstić information content (AvgIpc) is 0.811. The molecule has 0 aliphatic heterocycles. The largest absolute Gasteiger partial charge is 3.00 e. The number of rotatable bonds is 0. The van der Waals surface area contributed by atoms with E-state index in [1.54, 1.807) is 0 Å². The van der Waals surface area contributed by atoms with Crippen molar-refractivity contribution < 1.29 is 96.8 Å². The van der Waals surface area contributed by atoms with E-state index in [1.807, 2.05) is 0 Å². The summed E-state index contributed by atoms with van der Waals surface area (Å²) >= 11 is 0. The van der Waals surface area contributed by atoms with Crippen LogP contribution in [0.2, 0.25) is 0 Å². The van der Waals surface area contributed by atoms with Gasteiger partial charge >= 0.3 is 81.7 Å². The number of hydrogen-bond acceptors (Lipinski definition) is 3. The molecular formula is BCeGdO3+3. The van der Waals surface area contributed by atoms with Crippen molar-refractivity contribution in [2.75, 3.05) is 0 Å². The molecule has 6 heteroatoms. The van der Waals surface area contributed by atoms with Gasteiger partial charge in [-0.25, -0.2) is 0 Å². The van der Waals surface area contributed by atoms with Gasteiger partial charge in [0.1, 0.15) is 0 Å². The zero-order valence-electron chi connectivity index (χ0n) is 2.66. The van der Waals surface area contributed by atoms with Crippen LogP contribution in [0.1, 0.15) is 0 Å². The van der Waals surface area contributed by atoms with Crippen LogP contribution in [0.15, 0.2) is 0 Å². The van der Waals surface area contributed by atoms with Crippen molar-refractivity contribution in [2.24, 2.45) is 0 Å². The smallest absolute Gasteiger partial charge is 0.907 e. The van der Waals surface area contributed by atoms with E-state index in [4.69, 9.17) is 15.1 Å². The molecule has 0 atom stereocenters. The molecule has 6 heavy (non-hydrogen) atoms. The molecule has 0 aliphatic rings. The molecule has 0 saturated carbocycles. The Labute approximate surface area is 102 Å². The van der Waals surface area contributed by atoms with E-state index in [9.17, 15) is 0 Å². The van der Waals surface area contributed by atoms with Crippen molar-refractivity contribution in [1.29, 1.82) is 0 Å². The minimum absolute atomic E-state index is 0. The minimum Gasteiger partial charge on any atom is -0.907 e. The Balaban J connectivity index is -0.0000000450. The summed E-state index contributed by atoms with van der Waals surface area (Å²) in [7, 11) is -2.92. The molecule has 0 saturated heterocycles. The molecule has 3 nitrogen and oxygen atoms in total. The van der Waals surface area contributed by atoms with Crippen LogP contribution < -0.4 is 15.1 Å². The normalized spacial score (nSPS) is 4.50. The van der Waals surface area contributed by atoms with Gasteiger partial charge in [-0.15, -0.1) is 0 Å². The Morgan fingerprint density at radius 2 is 1.00 bits per heavy atom. The van der Waals surface area contributed by atoms with Crippen LogP contribution >= 0.6 is 0 Å². The molecular weight excluding hydrogens is 356 g/mol. The zero-order chi connectivity index (χ0) is 3.58. The fourth-order valence-corrected chi connectivity index (χ4v) is 0. The van der Waals surface area contributed by atoms with Gasteiger partial charge in [-0.3, -0.25) is 7.32 Å². The summed E-state index contributed by atoms with van der Waals surface area (Å²) < 4.78 is 0. The molecule has 0 unspecified atom stereocenters. The molecule has 0 bridgehead atoms. The SMILES string of the molecule is [Ce+3].[Gd+3].[O-]B([O-])[O-]. The van der Waals surface area contributed by atoms with E-state index < -0.39 is 7.32 Å². The van der Waals surface area contributed by atoms with Crippen molar-refractivity contribution in [3.05, 3.63) is 0 Å². The molecule has 0 spiro atoms. The third-order valence-corrected chi connectivity index (χ3v) is 0. The van der Waals surface area contributed by atoms with Gasteiger partial charge in [0.25, 0.3) is 0 Å². The summed E-state index contributed by atoms with van der Waals surface area (Å²) in [6, 6.07) is 0. The quantitative estimate of drug-likeness (QED) is 0.416. The first kappa shape index (κ1) is 15.9. The predicted molar refractivity (Wildman–Crippen MR) is 5.75 cm³/mol. The third-order valence-electron chi connectivity index (χ3n) is 0. The van der Waals surface area contributed by atoms with Gasteiger partial charge < -0.3 is 15.1 Å². The van der Waals surface area contributed by atoms with E-state index in [2.05, 4.69) is 0 Å². The van der Waals surface area contributed by atoms with Crippen LogP contribution in [0.5, 0.6) is 0 Å². The second kappa shape index (κ2) is 10.6. The summed E-state index contributed by atoms with van der Waals surface area (Å²) in [4.78, 5) is 0. The van der Waals surface area contributed by atoms with Crippen molar-refractivity contribution in [2.45, 2.75) is 0 Å². The topological polar surface area (TPSA) is 69.2 Å². The maximum absolute atomic E-state index is 8.42. The van der Waals surface area contributed by atoms with Crippen LogP contribution in [0.4, 0.5) is 0 Å². The van der Waals surface area contributed by atoms with Crippen LogP contribution in [0.3, 0.4) is 0 Å². The van der Waals surface area contributed by atoms with Crippen LogP contribution in [0.25, 0.3) is 0 Å². The van der Waals surface area contributed by atoms with E-state index in [1.165, 1.54) is 0 Å². The first-order valence-corrected chi connectivity index (χ1v) is 0.707. The summed E-state index contributed by atoms with van der Waals surface area (Å²) in [5, 5.41) is 25.2. The van der Waals surface area contributed by atoms with Crippen LogP contribution in [-0.2, 0) is 0 Å². The molecule has 0 aromatic heterocycles. The molecule has 0 rings (SSSR count). The van der Waals surface area contributed by atoms with E-state index in [0.717, 1.165) is 0 Å². The van der Waals surface area contributed by atoms with Gasteiger partial charge in [0.2, 0.25) is 0 Å². The Morgan fingerprint density at radius 1 is 1.00 bits per heavy atom. The summed E-state index contributed by atoms with van der Waals surface area (Å²) in [6.45, 7) is 0. The van der Waals surface area contributed by atoms with Crippen LogP contribution in [-0.4, -0.2) is 7.32 Å². The Hall–Kier alpha value is 2.65. The zero-order valence-corrected chi connectivity index (χ0v) is 8.06. The van der Waals surface area contributed by atoms with Gasteiger partial charge in [-0.1, -0.05) is 0 Å². The van der Waals surface area contributed by atoms with Gasteiger partial charge in [0.05, 0.1) is 0 Å².